The van der Waals surface area contributed by atoms with E-state index < -0.39 is 23.2 Å². The van der Waals surface area contributed by atoms with Crippen molar-refractivity contribution in [1.29, 1.82) is 0 Å². The first kappa shape index (κ1) is 13.7. The van der Waals surface area contributed by atoms with Gasteiger partial charge in [-0.05, 0) is 31.9 Å². The van der Waals surface area contributed by atoms with Crippen molar-refractivity contribution in [2.75, 3.05) is 10.6 Å². The molecular formula is C13H15F3N2O. The number of carbonyl (C=O) groups is 1. The van der Waals surface area contributed by atoms with Gasteiger partial charge in [0.1, 0.15) is 5.54 Å². The van der Waals surface area contributed by atoms with Gasteiger partial charge in [0.15, 0.2) is 0 Å². The molecule has 0 aliphatic carbocycles. The summed E-state index contributed by atoms with van der Waals surface area (Å²) < 4.78 is 38.8. The van der Waals surface area contributed by atoms with Crippen LogP contribution in [-0.2, 0) is 11.0 Å². The number of hydrogen-bond donors (Lipinski definition) is 2. The van der Waals surface area contributed by atoms with Crippen molar-refractivity contribution < 1.29 is 18.0 Å². The summed E-state index contributed by atoms with van der Waals surface area (Å²) in [4.78, 5) is 12.0. The Labute approximate surface area is 109 Å². The Morgan fingerprint density at radius 1 is 1.26 bits per heavy atom. The lowest BCUT2D eigenvalue weighted by Crippen LogP contribution is -2.50. The third kappa shape index (κ3) is 2.15. The highest BCUT2D eigenvalue weighted by atomic mass is 19.4. The van der Waals surface area contributed by atoms with Gasteiger partial charge in [0.25, 0.3) is 0 Å². The molecular weight excluding hydrogens is 257 g/mol. The zero-order valence-electron chi connectivity index (χ0n) is 10.9. The molecule has 2 N–H and O–H groups in total. The molecule has 1 amide bonds. The van der Waals surface area contributed by atoms with Gasteiger partial charge in [-0.1, -0.05) is 13.0 Å². The van der Waals surface area contributed by atoms with E-state index in [1.54, 1.807) is 20.8 Å². The molecule has 1 aromatic carbocycles. The molecule has 0 saturated carbocycles. The normalized spacial score (nSPS) is 22.5. The number of carbonyl (C=O) groups excluding carboxylic acids is 1. The number of hydrogen-bond acceptors (Lipinski definition) is 2. The topological polar surface area (TPSA) is 41.1 Å². The number of aryl methyl sites for hydroxylation is 1. The van der Waals surface area contributed by atoms with Gasteiger partial charge < -0.3 is 10.6 Å². The minimum Gasteiger partial charge on any atom is -0.370 e. The molecule has 0 bridgehead atoms. The Hall–Kier alpha value is -1.72. The number of anilines is 2. The van der Waals surface area contributed by atoms with Crippen LogP contribution >= 0.6 is 0 Å². The number of rotatable bonds is 1. The summed E-state index contributed by atoms with van der Waals surface area (Å²) in [5.74, 6) is -0.446. The lowest BCUT2D eigenvalue weighted by Gasteiger charge is -2.37. The molecule has 0 aromatic heterocycles. The Bertz CT molecular complexity index is 539. The number of benzene rings is 1. The molecule has 6 heteroatoms. The molecule has 0 spiro atoms. The van der Waals surface area contributed by atoms with Crippen LogP contribution in [0, 0.1) is 6.92 Å². The van der Waals surface area contributed by atoms with E-state index in [0.29, 0.717) is 17.7 Å². The summed E-state index contributed by atoms with van der Waals surface area (Å²) >= 11 is 0. The smallest absolute Gasteiger partial charge is 0.370 e. The van der Waals surface area contributed by atoms with Gasteiger partial charge in [0, 0.05) is 0 Å². The van der Waals surface area contributed by atoms with Crippen molar-refractivity contribution in [2.45, 2.75) is 38.9 Å². The molecule has 1 atom stereocenters. The fraction of sp³-hybridized carbons (Fsp3) is 0.462. The first-order valence-electron chi connectivity index (χ1n) is 5.99. The van der Waals surface area contributed by atoms with Gasteiger partial charge in [-0.15, -0.1) is 0 Å². The number of alkyl halides is 3. The first-order valence-corrected chi connectivity index (χ1v) is 5.99. The van der Waals surface area contributed by atoms with E-state index in [4.69, 9.17) is 0 Å². The zero-order chi connectivity index (χ0) is 14.4. The fourth-order valence-corrected chi connectivity index (χ4v) is 2.07. The predicted molar refractivity (Wildman–Crippen MR) is 67.1 cm³/mol. The summed E-state index contributed by atoms with van der Waals surface area (Å²) in [6.07, 6.45) is -4.01. The van der Waals surface area contributed by atoms with E-state index in [0.717, 1.165) is 6.07 Å². The van der Waals surface area contributed by atoms with Crippen LogP contribution in [0.5, 0.6) is 0 Å². The van der Waals surface area contributed by atoms with Crippen LogP contribution < -0.4 is 10.6 Å². The van der Waals surface area contributed by atoms with Crippen LogP contribution in [0.1, 0.15) is 31.4 Å². The summed E-state index contributed by atoms with van der Waals surface area (Å²) in [5.41, 5.74) is -0.876. The van der Waals surface area contributed by atoms with Gasteiger partial charge in [0.2, 0.25) is 5.91 Å². The molecule has 3 nitrogen and oxygen atoms in total. The van der Waals surface area contributed by atoms with Gasteiger partial charge in [-0.2, -0.15) is 13.2 Å². The maximum atomic E-state index is 12.9. The second kappa shape index (κ2) is 4.15. The SMILES string of the molecule is CCC1(C)Nc2c(C)ccc(C(F)(F)F)c2NC1=O. The quantitative estimate of drug-likeness (QED) is 0.821. The number of nitrogens with one attached hydrogen (secondary N) is 2. The Morgan fingerprint density at radius 2 is 1.89 bits per heavy atom. The lowest BCUT2D eigenvalue weighted by atomic mass is 9.92. The highest BCUT2D eigenvalue weighted by Gasteiger charge is 2.42. The molecule has 2 rings (SSSR count). The Kier molecular flexibility index (Phi) is 2.99. The summed E-state index contributed by atoms with van der Waals surface area (Å²) in [7, 11) is 0. The van der Waals surface area contributed by atoms with Crippen LogP contribution in [0.25, 0.3) is 0 Å². The van der Waals surface area contributed by atoms with Crippen molar-refractivity contribution in [3.05, 3.63) is 23.3 Å². The minimum absolute atomic E-state index is 0.177. The number of halogens is 3. The van der Waals surface area contributed by atoms with E-state index in [1.165, 1.54) is 6.07 Å². The van der Waals surface area contributed by atoms with E-state index in [2.05, 4.69) is 10.6 Å². The third-order valence-corrected chi connectivity index (χ3v) is 3.57. The summed E-state index contributed by atoms with van der Waals surface area (Å²) in [6.45, 7) is 5.19. The van der Waals surface area contributed by atoms with Gasteiger partial charge in [0.05, 0.1) is 16.9 Å². The molecule has 1 aliphatic rings. The van der Waals surface area contributed by atoms with Crippen molar-refractivity contribution in [3.63, 3.8) is 0 Å². The maximum absolute atomic E-state index is 12.9. The van der Waals surface area contributed by atoms with E-state index in [1.807, 2.05) is 0 Å². The lowest BCUT2D eigenvalue weighted by molar-refractivity contribution is -0.137. The van der Waals surface area contributed by atoms with Crippen LogP contribution in [0.15, 0.2) is 12.1 Å². The van der Waals surface area contributed by atoms with Gasteiger partial charge >= 0.3 is 6.18 Å². The third-order valence-electron chi connectivity index (χ3n) is 3.57. The molecule has 1 unspecified atom stereocenters. The van der Waals surface area contributed by atoms with Crippen molar-refractivity contribution in [1.82, 2.24) is 0 Å². The highest BCUT2D eigenvalue weighted by Crippen LogP contribution is 2.43. The van der Waals surface area contributed by atoms with Crippen LogP contribution in [-0.4, -0.2) is 11.4 Å². The molecule has 1 aliphatic heterocycles. The zero-order valence-corrected chi connectivity index (χ0v) is 10.9. The molecule has 0 fully saturated rings. The van der Waals surface area contributed by atoms with Crippen molar-refractivity contribution in [2.24, 2.45) is 0 Å². The maximum Gasteiger partial charge on any atom is 0.418 e. The average Bonchev–Trinajstić information content (AvgIpc) is 2.30. The molecule has 1 heterocycles. The Balaban J connectivity index is 2.61. The summed E-state index contributed by atoms with van der Waals surface area (Å²) in [6, 6.07) is 2.40. The first-order chi connectivity index (χ1) is 8.69. The Morgan fingerprint density at radius 3 is 2.42 bits per heavy atom. The van der Waals surface area contributed by atoms with Gasteiger partial charge in [-0.25, -0.2) is 0 Å². The number of fused-ring (bicyclic) bond motifs is 1. The van der Waals surface area contributed by atoms with E-state index >= 15 is 0 Å². The molecule has 1 aromatic rings. The minimum atomic E-state index is -4.49. The molecule has 0 saturated heterocycles. The van der Waals surface area contributed by atoms with Crippen molar-refractivity contribution >= 4 is 17.3 Å². The second-order valence-corrected chi connectivity index (χ2v) is 4.94. The van der Waals surface area contributed by atoms with Crippen LogP contribution in [0.2, 0.25) is 0 Å². The standard InChI is InChI=1S/C13H15F3N2O/c1-4-12(3)11(19)17-10-8(13(14,15)16)6-5-7(2)9(10)18-12/h5-6,18H,4H2,1-3H3,(H,17,19). The van der Waals surface area contributed by atoms with E-state index in [9.17, 15) is 18.0 Å². The molecule has 19 heavy (non-hydrogen) atoms. The second-order valence-electron chi connectivity index (χ2n) is 4.94. The fourth-order valence-electron chi connectivity index (χ4n) is 2.07. The van der Waals surface area contributed by atoms with Crippen LogP contribution in [0.4, 0.5) is 24.5 Å². The molecule has 0 radical (unpaired) electrons. The largest absolute Gasteiger partial charge is 0.418 e. The van der Waals surface area contributed by atoms with Gasteiger partial charge in [-0.3, -0.25) is 4.79 Å². The van der Waals surface area contributed by atoms with E-state index in [-0.39, 0.29) is 5.69 Å². The highest BCUT2D eigenvalue weighted by molar-refractivity contribution is 6.07. The average molecular weight is 272 g/mol. The monoisotopic (exact) mass is 272 g/mol. The van der Waals surface area contributed by atoms with Crippen molar-refractivity contribution in [3.8, 4) is 0 Å². The van der Waals surface area contributed by atoms with Crippen LogP contribution in [0.3, 0.4) is 0 Å². The summed E-state index contributed by atoms with van der Waals surface area (Å²) in [5, 5.41) is 5.34. The molecule has 104 valence electrons. The number of amides is 1. The predicted octanol–water partition coefficient (Wildman–Crippen LogP) is 3.55.